The fourth-order valence-electron chi connectivity index (χ4n) is 3.87. The van der Waals surface area contributed by atoms with E-state index in [1.54, 1.807) is 0 Å². The fraction of sp³-hybridized carbons (Fsp3) is 0.619. The number of aliphatic hydroxyl groups is 1. The summed E-state index contributed by atoms with van der Waals surface area (Å²) in [5.41, 5.74) is 2.28. The van der Waals surface area contributed by atoms with E-state index in [1.807, 2.05) is 18.2 Å². The van der Waals surface area contributed by atoms with Crippen LogP contribution in [0.2, 0.25) is 0 Å². The molecule has 0 aromatic heterocycles. The van der Waals surface area contributed by atoms with Crippen molar-refractivity contribution >= 4 is 0 Å². The molecule has 4 heteroatoms. The first-order chi connectivity index (χ1) is 12.1. The Bertz CT molecular complexity index is 568. The average Bonchev–Trinajstić information content (AvgIpc) is 2.60. The number of para-hydroxylation sites is 1. The zero-order chi connectivity index (χ0) is 17.6. The van der Waals surface area contributed by atoms with Crippen LogP contribution in [0.4, 0.5) is 0 Å². The molecule has 0 saturated carbocycles. The second kappa shape index (κ2) is 8.84. The van der Waals surface area contributed by atoms with E-state index in [0.717, 1.165) is 37.2 Å². The molecule has 2 saturated heterocycles. The molecule has 0 spiro atoms. The van der Waals surface area contributed by atoms with Crippen LogP contribution < -0.4 is 4.74 Å². The Balaban J connectivity index is 1.58. The minimum absolute atomic E-state index is 0.00770. The number of rotatable bonds is 6. The van der Waals surface area contributed by atoms with Gasteiger partial charge in [-0.05, 0) is 51.8 Å². The third-order valence-electron chi connectivity index (χ3n) is 5.06. The highest BCUT2D eigenvalue weighted by Crippen LogP contribution is 2.37. The lowest BCUT2D eigenvalue weighted by Crippen LogP contribution is -2.38. The fourth-order valence-corrected chi connectivity index (χ4v) is 3.87. The van der Waals surface area contributed by atoms with Crippen LogP contribution in [0.3, 0.4) is 0 Å². The van der Waals surface area contributed by atoms with Gasteiger partial charge >= 0.3 is 0 Å². The number of aliphatic hydroxyl groups excluding tert-OH is 1. The van der Waals surface area contributed by atoms with Gasteiger partial charge in [0, 0.05) is 12.1 Å². The predicted molar refractivity (Wildman–Crippen MR) is 99.9 cm³/mol. The van der Waals surface area contributed by atoms with Crippen molar-refractivity contribution in [3.63, 3.8) is 0 Å². The molecule has 0 aliphatic carbocycles. The van der Waals surface area contributed by atoms with E-state index in [1.165, 1.54) is 24.8 Å². The highest BCUT2D eigenvalue weighted by atomic mass is 16.5. The summed E-state index contributed by atoms with van der Waals surface area (Å²) in [6.45, 7) is 9.41. The maximum atomic E-state index is 10.3. The monoisotopic (exact) mass is 345 g/mol. The number of likely N-dealkylation sites (tertiary alicyclic amines) is 1. The largest absolute Gasteiger partial charge is 0.490 e. The Morgan fingerprint density at radius 2 is 2.00 bits per heavy atom. The molecule has 138 valence electrons. The molecule has 3 atom stereocenters. The summed E-state index contributed by atoms with van der Waals surface area (Å²) < 4.78 is 12.1. The summed E-state index contributed by atoms with van der Waals surface area (Å²) in [5, 5.41) is 10.3. The standard InChI is InChI=1S/C21H31NO3/c1-16-12-17(2)25-21(13-16)19-8-4-5-9-20(19)24-15-18(23)14-22-10-6-3-7-11-22/h4-5,8-9,17-18,21,23H,1,3,6-7,10-15H2,2H3/t17-,18+,21+/m0/s1. The molecule has 1 N–H and O–H groups in total. The molecule has 2 fully saturated rings. The average molecular weight is 345 g/mol. The van der Waals surface area contributed by atoms with E-state index >= 15 is 0 Å². The zero-order valence-corrected chi connectivity index (χ0v) is 15.3. The molecular formula is C21H31NO3. The predicted octanol–water partition coefficient (Wildman–Crippen LogP) is 3.71. The van der Waals surface area contributed by atoms with Gasteiger partial charge in [0.25, 0.3) is 0 Å². The van der Waals surface area contributed by atoms with Crippen molar-refractivity contribution in [2.75, 3.05) is 26.2 Å². The summed E-state index contributed by atoms with van der Waals surface area (Å²) in [7, 11) is 0. The molecule has 1 aromatic carbocycles. The molecule has 2 heterocycles. The Kier molecular flexibility index (Phi) is 6.51. The smallest absolute Gasteiger partial charge is 0.125 e. The van der Waals surface area contributed by atoms with Crippen molar-refractivity contribution < 1.29 is 14.6 Å². The van der Waals surface area contributed by atoms with Gasteiger partial charge in [0.15, 0.2) is 0 Å². The maximum Gasteiger partial charge on any atom is 0.125 e. The third kappa shape index (κ3) is 5.30. The first kappa shape index (κ1) is 18.4. The molecule has 2 aliphatic rings. The lowest BCUT2D eigenvalue weighted by molar-refractivity contribution is -0.0243. The maximum absolute atomic E-state index is 10.3. The van der Waals surface area contributed by atoms with Crippen LogP contribution in [0.15, 0.2) is 36.4 Å². The second-order valence-electron chi connectivity index (χ2n) is 7.46. The summed E-state index contributed by atoms with van der Waals surface area (Å²) in [4.78, 5) is 2.33. The van der Waals surface area contributed by atoms with Crippen molar-refractivity contribution in [2.24, 2.45) is 0 Å². The number of hydrogen-bond acceptors (Lipinski definition) is 4. The van der Waals surface area contributed by atoms with Crippen LogP contribution in [0, 0.1) is 0 Å². The van der Waals surface area contributed by atoms with Gasteiger partial charge in [0.2, 0.25) is 0 Å². The Labute approximate surface area is 151 Å². The number of benzene rings is 1. The Morgan fingerprint density at radius 3 is 2.76 bits per heavy atom. The van der Waals surface area contributed by atoms with Crippen molar-refractivity contribution in [3.05, 3.63) is 42.0 Å². The molecule has 2 aliphatic heterocycles. The van der Waals surface area contributed by atoms with Crippen LogP contribution in [-0.4, -0.2) is 48.5 Å². The van der Waals surface area contributed by atoms with E-state index in [2.05, 4.69) is 24.5 Å². The van der Waals surface area contributed by atoms with Crippen molar-refractivity contribution in [1.29, 1.82) is 0 Å². The Morgan fingerprint density at radius 1 is 1.24 bits per heavy atom. The topological polar surface area (TPSA) is 41.9 Å². The SMILES string of the molecule is C=C1C[C@H](C)O[C@@H](c2ccccc2OC[C@H](O)CN2CCCCC2)C1. The molecule has 3 rings (SSSR count). The summed E-state index contributed by atoms with van der Waals surface area (Å²) in [5.74, 6) is 0.812. The molecule has 1 aromatic rings. The van der Waals surface area contributed by atoms with Gasteiger partial charge in [-0.25, -0.2) is 0 Å². The number of hydrogen-bond donors (Lipinski definition) is 1. The lowest BCUT2D eigenvalue weighted by Gasteiger charge is -2.31. The van der Waals surface area contributed by atoms with Crippen LogP contribution in [0.1, 0.15) is 50.7 Å². The quantitative estimate of drug-likeness (QED) is 0.798. The second-order valence-corrected chi connectivity index (χ2v) is 7.46. The van der Waals surface area contributed by atoms with Gasteiger partial charge in [-0.15, -0.1) is 0 Å². The highest BCUT2D eigenvalue weighted by molar-refractivity contribution is 5.36. The summed E-state index contributed by atoms with van der Waals surface area (Å²) in [6, 6.07) is 8.01. The minimum atomic E-state index is -0.465. The van der Waals surface area contributed by atoms with Crippen molar-refractivity contribution in [3.8, 4) is 5.75 Å². The van der Waals surface area contributed by atoms with E-state index in [0.29, 0.717) is 13.2 Å². The molecule has 4 nitrogen and oxygen atoms in total. The zero-order valence-electron chi connectivity index (χ0n) is 15.3. The number of nitrogens with zero attached hydrogens (tertiary/aromatic N) is 1. The first-order valence-corrected chi connectivity index (χ1v) is 9.56. The molecule has 25 heavy (non-hydrogen) atoms. The van der Waals surface area contributed by atoms with Gasteiger partial charge in [-0.2, -0.15) is 0 Å². The van der Waals surface area contributed by atoms with Crippen LogP contribution in [0.5, 0.6) is 5.75 Å². The first-order valence-electron chi connectivity index (χ1n) is 9.56. The van der Waals surface area contributed by atoms with E-state index < -0.39 is 6.10 Å². The van der Waals surface area contributed by atoms with Crippen LogP contribution in [0.25, 0.3) is 0 Å². The normalized spacial score (nSPS) is 26.4. The van der Waals surface area contributed by atoms with E-state index in [9.17, 15) is 5.11 Å². The number of β-amino-alcohol motifs (C(OH)–C–C–N with tert-alkyl or cyclic N) is 1. The van der Waals surface area contributed by atoms with Gasteiger partial charge in [0.05, 0.1) is 12.2 Å². The van der Waals surface area contributed by atoms with Crippen molar-refractivity contribution in [2.45, 2.75) is 57.3 Å². The Hall–Kier alpha value is -1.36. The number of ether oxygens (including phenoxy) is 2. The molecule has 0 bridgehead atoms. The summed E-state index contributed by atoms with van der Waals surface area (Å²) in [6.07, 6.45) is 5.24. The number of piperidine rings is 1. The third-order valence-corrected chi connectivity index (χ3v) is 5.06. The molecule has 0 unspecified atom stereocenters. The molecular weight excluding hydrogens is 314 g/mol. The lowest BCUT2D eigenvalue weighted by atomic mass is 9.95. The van der Waals surface area contributed by atoms with E-state index in [4.69, 9.17) is 9.47 Å². The van der Waals surface area contributed by atoms with Gasteiger partial charge in [-0.1, -0.05) is 36.8 Å². The molecule has 0 amide bonds. The minimum Gasteiger partial charge on any atom is -0.490 e. The van der Waals surface area contributed by atoms with Crippen molar-refractivity contribution in [1.82, 2.24) is 4.90 Å². The van der Waals surface area contributed by atoms with Crippen LogP contribution >= 0.6 is 0 Å². The summed E-state index contributed by atoms with van der Waals surface area (Å²) >= 11 is 0. The van der Waals surface area contributed by atoms with E-state index in [-0.39, 0.29) is 12.2 Å². The van der Waals surface area contributed by atoms with Gasteiger partial charge in [0.1, 0.15) is 18.5 Å². The highest BCUT2D eigenvalue weighted by Gasteiger charge is 2.25. The molecule has 0 radical (unpaired) electrons. The van der Waals surface area contributed by atoms with Crippen LogP contribution in [-0.2, 0) is 4.74 Å². The van der Waals surface area contributed by atoms with Gasteiger partial charge in [-0.3, -0.25) is 0 Å². The van der Waals surface area contributed by atoms with Gasteiger partial charge < -0.3 is 19.5 Å².